The van der Waals surface area contributed by atoms with Gasteiger partial charge in [-0.25, -0.2) is 0 Å². The first-order valence-electron chi connectivity index (χ1n) is 5.05. The highest BCUT2D eigenvalue weighted by molar-refractivity contribution is 4.96. The van der Waals surface area contributed by atoms with Crippen molar-refractivity contribution in [2.45, 2.75) is 50.2 Å². The third-order valence-corrected chi connectivity index (χ3v) is 3.61. The summed E-state index contributed by atoms with van der Waals surface area (Å²) in [5.74, 6) is 0.849. The molecular formula is C10H19NO. The maximum atomic E-state index is 6.01. The van der Waals surface area contributed by atoms with Crippen LogP contribution in [0.15, 0.2) is 0 Å². The van der Waals surface area contributed by atoms with Crippen LogP contribution in [-0.4, -0.2) is 18.8 Å². The van der Waals surface area contributed by atoms with Gasteiger partial charge >= 0.3 is 0 Å². The highest BCUT2D eigenvalue weighted by Gasteiger charge is 2.42. The molecule has 2 aliphatic carbocycles. The fraction of sp³-hybridized carbons (Fsp3) is 1.00. The Labute approximate surface area is 74.5 Å². The molecule has 2 aliphatic rings. The first-order valence-corrected chi connectivity index (χ1v) is 5.05. The highest BCUT2D eigenvalue weighted by Crippen LogP contribution is 2.44. The van der Waals surface area contributed by atoms with Gasteiger partial charge in [-0.15, -0.1) is 0 Å². The molecule has 2 fully saturated rings. The topological polar surface area (TPSA) is 35.2 Å². The number of hydrogen-bond acceptors (Lipinski definition) is 2. The molecule has 0 saturated heterocycles. The lowest BCUT2D eigenvalue weighted by Crippen LogP contribution is -2.48. The van der Waals surface area contributed by atoms with E-state index in [1.807, 2.05) is 7.11 Å². The second-order valence-corrected chi connectivity index (χ2v) is 4.55. The van der Waals surface area contributed by atoms with E-state index in [4.69, 9.17) is 10.5 Å². The van der Waals surface area contributed by atoms with Gasteiger partial charge in [0.25, 0.3) is 0 Å². The summed E-state index contributed by atoms with van der Waals surface area (Å²) in [5, 5.41) is 0. The molecule has 2 saturated carbocycles. The van der Waals surface area contributed by atoms with Gasteiger partial charge in [-0.05, 0) is 31.6 Å². The summed E-state index contributed by atoms with van der Waals surface area (Å²) >= 11 is 0. The molecule has 12 heavy (non-hydrogen) atoms. The minimum Gasteiger partial charge on any atom is -0.378 e. The summed E-state index contributed by atoms with van der Waals surface area (Å²) in [6.45, 7) is 0. The lowest BCUT2D eigenvalue weighted by Gasteiger charge is -2.46. The third-order valence-electron chi connectivity index (χ3n) is 3.61. The summed E-state index contributed by atoms with van der Waals surface area (Å²) in [5.41, 5.74) is 6.17. The smallest absolute Gasteiger partial charge is 0.0696 e. The van der Waals surface area contributed by atoms with Crippen molar-refractivity contribution >= 4 is 0 Å². The number of nitrogens with two attached hydrogens (primary N) is 1. The Morgan fingerprint density at radius 2 is 2.25 bits per heavy atom. The molecule has 0 unspecified atom stereocenters. The molecule has 70 valence electrons. The van der Waals surface area contributed by atoms with E-state index in [0.717, 1.165) is 12.3 Å². The highest BCUT2D eigenvalue weighted by atomic mass is 16.5. The predicted molar refractivity (Wildman–Crippen MR) is 48.9 cm³/mol. The Balaban J connectivity index is 2.10. The number of rotatable bonds is 1. The molecule has 0 aromatic heterocycles. The van der Waals surface area contributed by atoms with Gasteiger partial charge in [0, 0.05) is 13.2 Å². The van der Waals surface area contributed by atoms with Crippen LogP contribution >= 0.6 is 0 Å². The van der Waals surface area contributed by atoms with E-state index in [-0.39, 0.29) is 5.60 Å². The molecule has 2 rings (SSSR count). The molecule has 0 radical (unpaired) electrons. The van der Waals surface area contributed by atoms with Crippen LogP contribution < -0.4 is 5.73 Å². The van der Waals surface area contributed by atoms with Crippen LogP contribution in [-0.2, 0) is 4.74 Å². The Bertz CT molecular complexity index is 167. The van der Waals surface area contributed by atoms with Crippen LogP contribution in [0.3, 0.4) is 0 Å². The average molecular weight is 169 g/mol. The van der Waals surface area contributed by atoms with Crippen LogP contribution in [0.4, 0.5) is 0 Å². The monoisotopic (exact) mass is 169 g/mol. The van der Waals surface area contributed by atoms with Crippen molar-refractivity contribution in [3.05, 3.63) is 0 Å². The third kappa shape index (κ3) is 1.38. The van der Waals surface area contributed by atoms with E-state index in [2.05, 4.69) is 0 Å². The first kappa shape index (κ1) is 8.52. The Hall–Kier alpha value is -0.0800. The van der Waals surface area contributed by atoms with Gasteiger partial charge < -0.3 is 10.5 Å². The van der Waals surface area contributed by atoms with Crippen molar-refractivity contribution in [2.24, 2.45) is 11.7 Å². The van der Waals surface area contributed by atoms with Crippen molar-refractivity contribution in [1.82, 2.24) is 0 Å². The second kappa shape index (κ2) is 3.00. The SMILES string of the molecule is CO[C@@]12CCC[C@@H](C[C@H](N)C1)C2. The molecule has 2 N–H and O–H groups in total. The lowest BCUT2D eigenvalue weighted by atomic mass is 9.67. The van der Waals surface area contributed by atoms with E-state index in [0.29, 0.717) is 6.04 Å². The molecule has 0 amide bonds. The minimum absolute atomic E-state index is 0.167. The molecule has 2 heteroatoms. The quantitative estimate of drug-likeness (QED) is 0.648. The Morgan fingerprint density at radius 3 is 3.00 bits per heavy atom. The standard InChI is InChI=1S/C10H19NO/c1-12-10-4-2-3-8(6-10)5-9(11)7-10/h8-9H,2-7,11H2,1H3/t8-,9-,10+/m0/s1. The molecule has 0 aliphatic heterocycles. The largest absolute Gasteiger partial charge is 0.378 e. The van der Waals surface area contributed by atoms with E-state index in [1.165, 1.54) is 32.1 Å². The van der Waals surface area contributed by atoms with E-state index < -0.39 is 0 Å². The molecule has 0 spiro atoms. The van der Waals surface area contributed by atoms with Crippen molar-refractivity contribution in [1.29, 1.82) is 0 Å². The van der Waals surface area contributed by atoms with Crippen molar-refractivity contribution < 1.29 is 4.74 Å². The normalized spacial score (nSPS) is 47.5. The number of hydrogen-bond donors (Lipinski definition) is 1. The van der Waals surface area contributed by atoms with Gasteiger partial charge in [-0.2, -0.15) is 0 Å². The first-order chi connectivity index (χ1) is 5.74. The van der Waals surface area contributed by atoms with E-state index in [9.17, 15) is 0 Å². The maximum Gasteiger partial charge on any atom is 0.0696 e. The van der Waals surface area contributed by atoms with Crippen molar-refractivity contribution in [3.8, 4) is 0 Å². The van der Waals surface area contributed by atoms with Gasteiger partial charge in [0.15, 0.2) is 0 Å². The Morgan fingerprint density at radius 1 is 1.42 bits per heavy atom. The lowest BCUT2D eigenvalue weighted by molar-refractivity contribution is -0.0852. The van der Waals surface area contributed by atoms with Crippen LogP contribution in [0.25, 0.3) is 0 Å². The second-order valence-electron chi connectivity index (χ2n) is 4.55. The minimum atomic E-state index is 0.167. The zero-order valence-corrected chi connectivity index (χ0v) is 7.88. The fourth-order valence-corrected chi connectivity index (χ4v) is 3.09. The van der Waals surface area contributed by atoms with Gasteiger partial charge in [-0.3, -0.25) is 0 Å². The molecule has 0 heterocycles. The molecule has 2 nitrogen and oxygen atoms in total. The van der Waals surface area contributed by atoms with Crippen LogP contribution in [0.2, 0.25) is 0 Å². The van der Waals surface area contributed by atoms with Crippen molar-refractivity contribution in [2.75, 3.05) is 7.11 Å². The number of fused-ring (bicyclic) bond motifs is 2. The van der Waals surface area contributed by atoms with E-state index >= 15 is 0 Å². The fourth-order valence-electron chi connectivity index (χ4n) is 3.09. The van der Waals surface area contributed by atoms with Gasteiger partial charge in [0.05, 0.1) is 5.60 Å². The molecular weight excluding hydrogens is 150 g/mol. The molecule has 2 bridgehead atoms. The predicted octanol–water partition coefficient (Wildman–Crippen LogP) is 1.68. The summed E-state index contributed by atoms with van der Waals surface area (Å²) < 4.78 is 5.64. The summed E-state index contributed by atoms with van der Waals surface area (Å²) in [4.78, 5) is 0. The Kier molecular flexibility index (Phi) is 2.13. The summed E-state index contributed by atoms with van der Waals surface area (Å²) in [6, 6.07) is 0.393. The zero-order valence-electron chi connectivity index (χ0n) is 7.88. The van der Waals surface area contributed by atoms with Gasteiger partial charge in [0.1, 0.15) is 0 Å². The maximum absolute atomic E-state index is 6.01. The molecule has 0 aromatic carbocycles. The summed E-state index contributed by atoms with van der Waals surface area (Å²) in [6.07, 6.45) is 7.51. The average Bonchev–Trinajstić information content (AvgIpc) is 2.03. The molecule has 0 aromatic rings. The van der Waals surface area contributed by atoms with Gasteiger partial charge in [0.2, 0.25) is 0 Å². The van der Waals surface area contributed by atoms with Crippen LogP contribution in [0.5, 0.6) is 0 Å². The zero-order chi connectivity index (χ0) is 8.60. The number of ether oxygens (including phenoxy) is 1. The molecule has 3 atom stereocenters. The summed E-state index contributed by atoms with van der Waals surface area (Å²) in [7, 11) is 1.85. The van der Waals surface area contributed by atoms with Crippen LogP contribution in [0, 0.1) is 5.92 Å². The van der Waals surface area contributed by atoms with E-state index in [1.54, 1.807) is 0 Å². The van der Waals surface area contributed by atoms with Crippen molar-refractivity contribution in [3.63, 3.8) is 0 Å². The van der Waals surface area contributed by atoms with Crippen LogP contribution in [0.1, 0.15) is 38.5 Å². The van der Waals surface area contributed by atoms with Gasteiger partial charge in [-0.1, -0.05) is 12.8 Å². The number of methoxy groups -OCH3 is 1.